The number of rotatable bonds is 30. The Morgan fingerprint density at radius 1 is 0.429 bits per heavy atom. The number of esters is 1. The van der Waals surface area contributed by atoms with Gasteiger partial charge in [-0.1, -0.05) is 0 Å². The lowest BCUT2D eigenvalue weighted by Crippen LogP contribution is -2.17. The molecule has 0 rings (SSSR count). The molecule has 0 atom stereocenters. The van der Waals surface area contributed by atoms with E-state index in [0.717, 1.165) is 6.54 Å². The van der Waals surface area contributed by atoms with Gasteiger partial charge >= 0.3 is 5.97 Å². The van der Waals surface area contributed by atoms with Gasteiger partial charge in [0.05, 0.1) is 119 Å². The quantitative estimate of drug-likeness (QED) is 0.102. The van der Waals surface area contributed by atoms with Crippen LogP contribution in [-0.4, -0.2) is 145 Å². The summed E-state index contributed by atoms with van der Waals surface area (Å²) in [4.78, 5) is 10.6. The Kier molecular flexibility index (Phi) is 30.3. The van der Waals surface area contributed by atoms with Crippen molar-refractivity contribution in [1.82, 2.24) is 5.32 Å². The van der Waals surface area contributed by atoms with E-state index in [1.807, 2.05) is 7.05 Å². The maximum Gasteiger partial charge on any atom is 0.302 e. The number of carbonyl (C=O) groups excluding carboxylic acids is 1. The van der Waals surface area contributed by atoms with Crippen molar-refractivity contribution in [1.29, 1.82) is 0 Å². The van der Waals surface area contributed by atoms with Crippen LogP contribution in [0.1, 0.15) is 6.92 Å². The summed E-state index contributed by atoms with van der Waals surface area (Å²) in [6, 6.07) is 0. The summed E-state index contributed by atoms with van der Waals surface area (Å²) in [6.07, 6.45) is 0. The molecule has 0 bridgehead atoms. The summed E-state index contributed by atoms with van der Waals surface area (Å²) >= 11 is 0. The van der Waals surface area contributed by atoms with E-state index in [0.29, 0.717) is 119 Å². The van der Waals surface area contributed by atoms with E-state index >= 15 is 0 Å². The van der Waals surface area contributed by atoms with Gasteiger partial charge in [0.15, 0.2) is 0 Å². The van der Waals surface area contributed by atoms with Crippen LogP contribution in [0.25, 0.3) is 0 Å². The van der Waals surface area contributed by atoms with Crippen LogP contribution in [0.3, 0.4) is 0 Å². The predicted molar refractivity (Wildman–Crippen MR) is 128 cm³/mol. The molecule has 0 saturated heterocycles. The summed E-state index contributed by atoms with van der Waals surface area (Å²) in [6.45, 7) is 11.8. The first-order valence-electron chi connectivity index (χ1n) is 12.2. The number of carbonyl (C=O) groups is 1. The molecule has 0 aliphatic carbocycles. The molecule has 0 aliphatic rings. The Morgan fingerprint density at radius 2 is 0.657 bits per heavy atom. The molecule has 0 spiro atoms. The minimum atomic E-state index is -0.308. The van der Waals surface area contributed by atoms with E-state index in [1.54, 1.807) is 0 Å². The molecule has 0 fully saturated rings. The van der Waals surface area contributed by atoms with Crippen LogP contribution in [0.5, 0.6) is 0 Å². The zero-order chi connectivity index (χ0) is 25.5. The number of nitrogens with one attached hydrogen (secondary N) is 1. The third-order valence-electron chi connectivity index (χ3n) is 4.01. The number of hydrogen-bond acceptors (Lipinski definition) is 12. The molecule has 0 radical (unpaired) electrons. The normalized spacial score (nSPS) is 11.3. The second kappa shape index (κ2) is 31.1. The Labute approximate surface area is 210 Å². The van der Waals surface area contributed by atoms with Crippen LogP contribution < -0.4 is 5.32 Å². The van der Waals surface area contributed by atoms with Gasteiger partial charge in [0.1, 0.15) is 6.61 Å². The summed E-state index contributed by atoms with van der Waals surface area (Å²) in [5.41, 5.74) is 0. The lowest BCUT2D eigenvalue weighted by atomic mass is 10.6. The highest BCUT2D eigenvalue weighted by Crippen LogP contribution is 1.86. The molecule has 0 aliphatic heterocycles. The minimum Gasteiger partial charge on any atom is -0.463 e. The summed E-state index contributed by atoms with van der Waals surface area (Å²) in [5.74, 6) is -0.308. The Bertz CT molecular complexity index is 419. The fourth-order valence-electron chi connectivity index (χ4n) is 2.28. The van der Waals surface area contributed by atoms with Gasteiger partial charge in [-0.15, -0.1) is 0 Å². The maximum atomic E-state index is 10.6. The zero-order valence-electron chi connectivity index (χ0n) is 21.6. The molecule has 0 aromatic rings. The molecular formula is C23H47NO11. The maximum absolute atomic E-state index is 10.6. The highest BCUT2D eigenvalue weighted by molar-refractivity contribution is 5.65. The van der Waals surface area contributed by atoms with Gasteiger partial charge in [-0.05, 0) is 7.05 Å². The van der Waals surface area contributed by atoms with Crippen molar-refractivity contribution in [3.8, 4) is 0 Å². The second-order valence-corrected chi connectivity index (χ2v) is 6.95. The smallest absolute Gasteiger partial charge is 0.302 e. The molecule has 0 aromatic carbocycles. The van der Waals surface area contributed by atoms with Crippen LogP contribution in [0.4, 0.5) is 0 Å². The van der Waals surface area contributed by atoms with Gasteiger partial charge in [0.25, 0.3) is 0 Å². The molecule has 1 N–H and O–H groups in total. The fraction of sp³-hybridized carbons (Fsp3) is 0.957. The second-order valence-electron chi connectivity index (χ2n) is 6.95. The number of hydrogen-bond donors (Lipinski definition) is 1. The van der Waals surface area contributed by atoms with E-state index in [1.165, 1.54) is 6.92 Å². The SMILES string of the molecule is CNCCOCCOCCOCCOCCOCCOCCOCCOCCOCCOC(C)=O. The van der Waals surface area contributed by atoms with E-state index in [4.69, 9.17) is 47.4 Å². The topological polar surface area (TPSA) is 121 Å². The van der Waals surface area contributed by atoms with Crippen LogP contribution in [0, 0.1) is 0 Å². The lowest BCUT2D eigenvalue weighted by molar-refractivity contribution is -0.142. The first-order valence-corrected chi connectivity index (χ1v) is 12.2. The zero-order valence-corrected chi connectivity index (χ0v) is 21.6. The number of ether oxygens (including phenoxy) is 10. The first kappa shape index (κ1) is 34.1. The highest BCUT2D eigenvalue weighted by atomic mass is 16.6. The molecule has 210 valence electrons. The molecule has 12 heteroatoms. The molecule has 0 amide bonds. The third-order valence-corrected chi connectivity index (χ3v) is 4.01. The van der Waals surface area contributed by atoms with Crippen molar-refractivity contribution in [2.45, 2.75) is 6.92 Å². The summed E-state index contributed by atoms with van der Waals surface area (Å²) in [5, 5.41) is 3.01. The minimum absolute atomic E-state index is 0.263. The Hall–Kier alpha value is -0.930. The largest absolute Gasteiger partial charge is 0.463 e. The van der Waals surface area contributed by atoms with Crippen LogP contribution in [0.2, 0.25) is 0 Å². The highest BCUT2D eigenvalue weighted by Gasteiger charge is 1.96. The van der Waals surface area contributed by atoms with Crippen molar-refractivity contribution in [3.05, 3.63) is 0 Å². The van der Waals surface area contributed by atoms with Crippen molar-refractivity contribution in [2.24, 2.45) is 0 Å². The third kappa shape index (κ3) is 33.1. The van der Waals surface area contributed by atoms with Crippen molar-refractivity contribution in [3.63, 3.8) is 0 Å². The van der Waals surface area contributed by atoms with Crippen LogP contribution >= 0.6 is 0 Å². The molecule has 12 nitrogen and oxygen atoms in total. The molecule has 0 heterocycles. The van der Waals surface area contributed by atoms with Crippen molar-refractivity contribution >= 4 is 5.97 Å². The van der Waals surface area contributed by atoms with Gasteiger partial charge in [0, 0.05) is 13.5 Å². The van der Waals surface area contributed by atoms with Crippen molar-refractivity contribution < 1.29 is 52.2 Å². The number of likely N-dealkylation sites (N-methyl/N-ethyl adjacent to an activating group) is 1. The fourth-order valence-corrected chi connectivity index (χ4v) is 2.28. The van der Waals surface area contributed by atoms with Gasteiger partial charge in [0.2, 0.25) is 0 Å². The Morgan fingerprint density at radius 3 is 0.886 bits per heavy atom. The molecule has 0 unspecified atom stereocenters. The first-order chi connectivity index (χ1) is 17.3. The molecular weight excluding hydrogens is 466 g/mol. The standard InChI is InChI=1S/C23H47NO11/c1-23(25)35-22-21-34-20-19-33-18-17-32-16-15-31-14-13-30-12-11-29-10-9-28-8-7-27-6-5-26-4-3-24-2/h24H,3-22H2,1-2H3. The average Bonchev–Trinajstić information content (AvgIpc) is 2.85. The average molecular weight is 514 g/mol. The van der Waals surface area contributed by atoms with E-state index in [2.05, 4.69) is 5.32 Å². The van der Waals surface area contributed by atoms with Crippen LogP contribution in [0.15, 0.2) is 0 Å². The predicted octanol–water partition coefficient (Wildman–Crippen LogP) is -0.0817. The lowest BCUT2D eigenvalue weighted by Gasteiger charge is -2.09. The van der Waals surface area contributed by atoms with Crippen LogP contribution in [-0.2, 0) is 52.2 Å². The van der Waals surface area contributed by atoms with E-state index < -0.39 is 0 Å². The molecule has 0 saturated carbocycles. The summed E-state index contributed by atoms with van der Waals surface area (Å²) < 4.78 is 53.2. The van der Waals surface area contributed by atoms with Crippen molar-refractivity contribution in [2.75, 3.05) is 139 Å². The van der Waals surface area contributed by atoms with Gasteiger partial charge in [-0.2, -0.15) is 0 Å². The molecule has 35 heavy (non-hydrogen) atoms. The molecule has 0 aromatic heterocycles. The van der Waals surface area contributed by atoms with Gasteiger partial charge in [-0.3, -0.25) is 4.79 Å². The van der Waals surface area contributed by atoms with E-state index in [-0.39, 0.29) is 12.6 Å². The summed E-state index contributed by atoms with van der Waals surface area (Å²) in [7, 11) is 1.89. The monoisotopic (exact) mass is 513 g/mol. The van der Waals surface area contributed by atoms with Gasteiger partial charge in [-0.25, -0.2) is 0 Å². The van der Waals surface area contributed by atoms with E-state index in [9.17, 15) is 4.79 Å². The Balaban J connectivity index is 3.01. The van der Waals surface area contributed by atoms with Gasteiger partial charge < -0.3 is 52.7 Å².